The summed E-state index contributed by atoms with van der Waals surface area (Å²) < 4.78 is 19.8. The fourth-order valence-corrected chi connectivity index (χ4v) is 2.92. The number of nitrogens with one attached hydrogen (secondary N) is 1. The molecule has 0 atom stereocenters. The van der Waals surface area contributed by atoms with Gasteiger partial charge in [0.25, 0.3) is 5.91 Å². The molecule has 0 aliphatic carbocycles. The fraction of sp³-hybridized carbons (Fsp3) is 0.263. The van der Waals surface area contributed by atoms with Crippen LogP contribution < -0.4 is 10.3 Å². The predicted molar refractivity (Wildman–Crippen MR) is 101 cm³/mol. The number of benzene rings is 2. The molecule has 1 saturated heterocycles. The third-order valence-electron chi connectivity index (χ3n) is 4.16. The molecule has 1 N–H and O–H groups in total. The van der Waals surface area contributed by atoms with Crippen LogP contribution in [0, 0.1) is 5.82 Å². The van der Waals surface area contributed by atoms with Crippen molar-refractivity contribution < 1.29 is 13.9 Å². The Bertz CT molecular complexity index is 835. The lowest BCUT2D eigenvalue weighted by Crippen LogP contribution is -2.36. The van der Waals surface area contributed by atoms with Crippen molar-refractivity contribution in [2.45, 2.75) is 6.92 Å². The molecule has 0 bridgehead atoms. The zero-order valence-electron chi connectivity index (χ0n) is 14.3. The highest BCUT2D eigenvalue weighted by Gasteiger charge is 2.16. The molecule has 1 heterocycles. The lowest BCUT2D eigenvalue weighted by Gasteiger charge is -2.29. The van der Waals surface area contributed by atoms with Crippen molar-refractivity contribution in [3.63, 3.8) is 0 Å². The van der Waals surface area contributed by atoms with Gasteiger partial charge in [-0.3, -0.25) is 4.79 Å². The number of hydrogen-bond donors (Lipinski definition) is 1. The molecule has 1 aliphatic rings. The second-order valence-corrected chi connectivity index (χ2v) is 6.29. The molecule has 1 amide bonds. The highest BCUT2D eigenvalue weighted by atomic mass is 35.5. The molecule has 0 saturated carbocycles. The molecule has 0 radical (unpaired) electrons. The standard InChI is InChI=1S/C19H19ClFN3O2/c1-13(22-23-19(25)15-4-2-3-5-16(15)20)14-6-7-18(17(21)12-14)24-8-10-26-11-9-24/h2-7,12H,8-11H2,1H3,(H,23,25)/b22-13-. The molecule has 2 aromatic carbocycles. The largest absolute Gasteiger partial charge is 0.378 e. The van der Waals surface area contributed by atoms with Gasteiger partial charge in [0, 0.05) is 18.7 Å². The molecule has 1 fully saturated rings. The molecule has 0 aromatic heterocycles. The van der Waals surface area contributed by atoms with E-state index in [4.69, 9.17) is 16.3 Å². The Morgan fingerprint density at radius 2 is 1.96 bits per heavy atom. The first kappa shape index (κ1) is 18.4. The highest BCUT2D eigenvalue weighted by molar-refractivity contribution is 6.33. The summed E-state index contributed by atoms with van der Waals surface area (Å²) in [4.78, 5) is 14.1. The third kappa shape index (κ3) is 4.20. The number of morpholine rings is 1. The minimum atomic E-state index is -0.416. The summed E-state index contributed by atoms with van der Waals surface area (Å²) in [6.07, 6.45) is 0. The van der Waals surface area contributed by atoms with Crippen molar-refractivity contribution in [2.24, 2.45) is 5.10 Å². The Balaban J connectivity index is 1.72. The number of amides is 1. The van der Waals surface area contributed by atoms with Crippen molar-refractivity contribution in [3.05, 3.63) is 64.4 Å². The van der Waals surface area contributed by atoms with Crippen molar-refractivity contribution in [3.8, 4) is 0 Å². The Morgan fingerprint density at radius 3 is 2.65 bits per heavy atom. The first-order valence-corrected chi connectivity index (χ1v) is 8.66. The minimum Gasteiger partial charge on any atom is -0.378 e. The van der Waals surface area contributed by atoms with E-state index in [0.717, 1.165) is 0 Å². The molecule has 7 heteroatoms. The second kappa shape index (κ2) is 8.29. The lowest BCUT2D eigenvalue weighted by atomic mass is 10.1. The van der Waals surface area contributed by atoms with Crippen LogP contribution in [-0.4, -0.2) is 37.9 Å². The van der Waals surface area contributed by atoms with E-state index in [1.807, 2.05) is 4.90 Å². The number of hydrazone groups is 1. The number of nitrogens with zero attached hydrogens (tertiary/aromatic N) is 2. The van der Waals surface area contributed by atoms with Gasteiger partial charge in [-0.1, -0.05) is 29.8 Å². The second-order valence-electron chi connectivity index (χ2n) is 5.88. The predicted octanol–water partition coefficient (Wildman–Crippen LogP) is 3.47. The van der Waals surface area contributed by atoms with Crippen molar-refractivity contribution in [1.29, 1.82) is 0 Å². The average Bonchev–Trinajstić information content (AvgIpc) is 2.66. The topological polar surface area (TPSA) is 53.9 Å². The number of anilines is 1. The van der Waals surface area contributed by atoms with Gasteiger partial charge in [-0.15, -0.1) is 0 Å². The Kier molecular flexibility index (Phi) is 5.85. The number of rotatable bonds is 4. The number of halogens is 2. The van der Waals surface area contributed by atoms with Gasteiger partial charge in [0.15, 0.2) is 0 Å². The quantitative estimate of drug-likeness (QED) is 0.657. The van der Waals surface area contributed by atoms with E-state index < -0.39 is 5.91 Å². The molecule has 1 aliphatic heterocycles. The molecular weight excluding hydrogens is 357 g/mol. The Morgan fingerprint density at radius 1 is 1.23 bits per heavy atom. The molecule has 0 unspecified atom stereocenters. The van der Waals surface area contributed by atoms with Gasteiger partial charge >= 0.3 is 0 Å². The first-order valence-electron chi connectivity index (χ1n) is 8.28. The van der Waals surface area contributed by atoms with Crippen LogP contribution in [0.4, 0.5) is 10.1 Å². The van der Waals surface area contributed by atoms with Gasteiger partial charge in [-0.25, -0.2) is 9.82 Å². The van der Waals surface area contributed by atoms with E-state index in [9.17, 15) is 9.18 Å². The average molecular weight is 376 g/mol. The van der Waals surface area contributed by atoms with Crippen molar-refractivity contribution in [2.75, 3.05) is 31.2 Å². The maximum atomic E-state index is 14.5. The van der Waals surface area contributed by atoms with Crippen LogP contribution in [0.25, 0.3) is 0 Å². The summed E-state index contributed by atoms with van der Waals surface area (Å²) in [5.74, 6) is -0.739. The van der Waals surface area contributed by atoms with Gasteiger partial charge in [-0.05, 0) is 31.2 Å². The van der Waals surface area contributed by atoms with Crippen LogP contribution in [-0.2, 0) is 4.74 Å². The summed E-state index contributed by atoms with van der Waals surface area (Å²) in [5.41, 5.74) is 4.42. The zero-order valence-corrected chi connectivity index (χ0v) is 15.1. The van der Waals surface area contributed by atoms with Crippen molar-refractivity contribution in [1.82, 2.24) is 5.43 Å². The molecule has 0 spiro atoms. The highest BCUT2D eigenvalue weighted by Crippen LogP contribution is 2.22. The summed E-state index contributed by atoms with van der Waals surface area (Å²) in [5, 5.41) is 4.40. The SMILES string of the molecule is C/C(=N/NC(=O)c1ccccc1Cl)c1ccc(N2CCOCC2)c(F)c1. The van der Waals surface area contributed by atoms with Gasteiger partial charge in [0.1, 0.15) is 5.82 Å². The summed E-state index contributed by atoms with van der Waals surface area (Å²) in [6.45, 7) is 4.22. The summed E-state index contributed by atoms with van der Waals surface area (Å²) >= 11 is 5.99. The minimum absolute atomic E-state index is 0.323. The maximum Gasteiger partial charge on any atom is 0.272 e. The lowest BCUT2D eigenvalue weighted by molar-refractivity contribution is 0.0955. The van der Waals surface area contributed by atoms with Crippen LogP contribution in [0.2, 0.25) is 5.02 Å². The van der Waals surface area contributed by atoms with E-state index in [1.165, 1.54) is 6.07 Å². The molecular formula is C19H19ClFN3O2. The molecule has 5 nitrogen and oxygen atoms in total. The smallest absolute Gasteiger partial charge is 0.272 e. The zero-order chi connectivity index (χ0) is 18.5. The summed E-state index contributed by atoms with van der Waals surface area (Å²) in [7, 11) is 0. The van der Waals surface area contributed by atoms with E-state index in [0.29, 0.717) is 53.9 Å². The number of ether oxygens (including phenoxy) is 1. The van der Waals surface area contributed by atoms with Crippen LogP contribution in [0.15, 0.2) is 47.6 Å². The fourth-order valence-electron chi connectivity index (χ4n) is 2.70. The normalized spacial score (nSPS) is 15.0. The molecule has 2 aromatic rings. The van der Waals surface area contributed by atoms with E-state index in [1.54, 1.807) is 43.3 Å². The first-order chi connectivity index (χ1) is 12.6. The van der Waals surface area contributed by atoms with Crippen LogP contribution in [0.1, 0.15) is 22.8 Å². The van der Waals surface area contributed by atoms with E-state index >= 15 is 0 Å². The Hall–Kier alpha value is -2.44. The van der Waals surface area contributed by atoms with Gasteiger partial charge < -0.3 is 9.64 Å². The number of carbonyl (C=O) groups excluding carboxylic acids is 1. The van der Waals surface area contributed by atoms with Crippen LogP contribution in [0.5, 0.6) is 0 Å². The van der Waals surface area contributed by atoms with E-state index in [2.05, 4.69) is 10.5 Å². The maximum absolute atomic E-state index is 14.5. The van der Waals surface area contributed by atoms with Crippen LogP contribution >= 0.6 is 11.6 Å². The monoisotopic (exact) mass is 375 g/mol. The number of hydrogen-bond acceptors (Lipinski definition) is 4. The molecule has 26 heavy (non-hydrogen) atoms. The molecule has 136 valence electrons. The molecule has 3 rings (SSSR count). The van der Waals surface area contributed by atoms with Crippen LogP contribution in [0.3, 0.4) is 0 Å². The van der Waals surface area contributed by atoms with E-state index in [-0.39, 0.29) is 5.82 Å². The summed E-state index contributed by atoms with van der Waals surface area (Å²) in [6, 6.07) is 11.6. The van der Waals surface area contributed by atoms with Crippen molar-refractivity contribution >= 4 is 28.9 Å². The van der Waals surface area contributed by atoms with Gasteiger partial charge in [0.2, 0.25) is 0 Å². The van der Waals surface area contributed by atoms with Gasteiger partial charge in [0.05, 0.1) is 35.2 Å². The Labute approximate surface area is 156 Å². The third-order valence-corrected chi connectivity index (χ3v) is 4.49. The van der Waals surface area contributed by atoms with Gasteiger partial charge in [-0.2, -0.15) is 5.10 Å². The number of carbonyl (C=O) groups is 1.